The number of fused-ring (bicyclic) bond motifs is 2. The molecule has 1 aliphatic heterocycles. The number of aromatic carboxylic acids is 1. The molecule has 7 heteroatoms. The molecule has 0 fully saturated rings. The lowest BCUT2D eigenvalue weighted by atomic mass is 10.0. The third-order valence-corrected chi connectivity index (χ3v) is 4.06. The van der Waals surface area contributed by atoms with Crippen LogP contribution >= 0.6 is 0 Å². The highest BCUT2D eigenvalue weighted by Crippen LogP contribution is 2.32. The molecule has 3 heterocycles. The summed E-state index contributed by atoms with van der Waals surface area (Å²) in [7, 11) is 0. The summed E-state index contributed by atoms with van der Waals surface area (Å²) in [6.45, 7) is 2.81. The minimum atomic E-state index is -1.02. The van der Waals surface area contributed by atoms with Crippen molar-refractivity contribution in [2.75, 3.05) is 17.2 Å². The molecule has 1 aliphatic rings. The summed E-state index contributed by atoms with van der Waals surface area (Å²) in [5, 5.41) is 16.4. The number of H-pyrrole nitrogens is 1. The number of hydrogen-bond donors (Lipinski definition) is 4. The van der Waals surface area contributed by atoms with Crippen molar-refractivity contribution in [3.8, 4) is 0 Å². The maximum absolute atomic E-state index is 11.4. The molecule has 24 heavy (non-hydrogen) atoms. The zero-order valence-corrected chi connectivity index (χ0v) is 12.9. The molecule has 0 spiro atoms. The Morgan fingerprint density at radius 2 is 2.21 bits per heavy atom. The largest absolute Gasteiger partial charge is 0.478 e. The Morgan fingerprint density at radius 3 is 3.04 bits per heavy atom. The molecule has 7 nitrogen and oxygen atoms in total. The van der Waals surface area contributed by atoms with E-state index in [-0.39, 0.29) is 5.56 Å². The smallest absolute Gasteiger partial charge is 0.338 e. The van der Waals surface area contributed by atoms with Crippen LogP contribution in [0.5, 0.6) is 0 Å². The van der Waals surface area contributed by atoms with E-state index in [1.807, 2.05) is 13.0 Å². The summed E-state index contributed by atoms with van der Waals surface area (Å²) >= 11 is 0. The molecule has 2 aromatic heterocycles. The lowest BCUT2D eigenvalue weighted by Gasteiger charge is -2.17. The number of anilines is 3. The maximum atomic E-state index is 11.4. The summed E-state index contributed by atoms with van der Waals surface area (Å²) in [4.78, 5) is 22.6. The predicted octanol–water partition coefficient (Wildman–Crippen LogP) is 3.15. The fraction of sp³-hybridized carbons (Fsp3) is 0.118. The number of carboxylic acids is 1. The molecule has 0 radical (unpaired) electrons. The van der Waals surface area contributed by atoms with Gasteiger partial charge in [0.05, 0.1) is 10.9 Å². The van der Waals surface area contributed by atoms with Crippen molar-refractivity contribution < 1.29 is 9.90 Å². The van der Waals surface area contributed by atoms with Crippen LogP contribution in [0.4, 0.5) is 17.2 Å². The Bertz CT molecular complexity index is 990. The molecule has 0 unspecified atom stereocenters. The van der Waals surface area contributed by atoms with Crippen LogP contribution in [-0.2, 0) is 0 Å². The fourth-order valence-corrected chi connectivity index (χ4v) is 2.86. The lowest BCUT2D eigenvalue weighted by molar-refractivity contribution is 0.0699. The average molecular weight is 321 g/mol. The van der Waals surface area contributed by atoms with Crippen molar-refractivity contribution in [3.05, 3.63) is 47.4 Å². The zero-order chi connectivity index (χ0) is 16.7. The van der Waals surface area contributed by atoms with Gasteiger partial charge in [-0.05, 0) is 30.2 Å². The van der Waals surface area contributed by atoms with E-state index in [1.54, 1.807) is 0 Å². The SMILES string of the molecule is Cc1cc2c(cc1Nc1ncnc3[nH]cc(C(=O)O)c13)C=CCN2. The van der Waals surface area contributed by atoms with Gasteiger partial charge in [-0.15, -0.1) is 0 Å². The first kappa shape index (κ1) is 14.3. The molecule has 0 bridgehead atoms. The highest BCUT2D eigenvalue weighted by molar-refractivity contribution is 6.07. The van der Waals surface area contributed by atoms with E-state index < -0.39 is 5.97 Å². The van der Waals surface area contributed by atoms with Gasteiger partial charge in [0.15, 0.2) is 0 Å². The van der Waals surface area contributed by atoms with E-state index in [9.17, 15) is 9.90 Å². The molecular formula is C17H15N5O2. The molecule has 3 aromatic rings. The molecule has 4 N–H and O–H groups in total. The van der Waals surface area contributed by atoms with Crippen molar-refractivity contribution in [3.63, 3.8) is 0 Å². The second-order valence-electron chi connectivity index (χ2n) is 5.62. The molecule has 0 saturated heterocycles. The standard InChI is InChI=1S/C17H15N5O2/c1-9-5-13-10(3-2-4-18-13)6-12(9)22-16-14-11(17(23)24)7-19-15(14)20-8-21-16/h2-3,5-8,18H,4H2,1H3,(H,23,24)(H2,19,20,21,22). The van der Waals surface area contributed by atoms with Gasteiger partial charge < -0.3 is 20.7 Å². The molecule has 1 aromatic carbocycles. The lowest BCUT2D eigenvalue weighted by Crippen LogP contribution is -2.06. The summed E-state index contributed by atoms with van der Waals surface area (Å²) < 4.78 is 0. The number of benzene rings is 1. The third kappa shape index (κ3) is 2.26. The van der Waals surface area contributed by atoms with Crippen molar-refractivity contribution >= 4 is 40.3 Å². The minimum Gasteiger partial charge on any atom is -0.478 e. The van der Waals surface area contributed by atoms with Crippen LogP contribution in [0.3, 0.4) is 0 Å². The van der Waals surface area contributed by atoms with E-state index in [1.165, 1.54) is 12.5 Å². The molecule has 0 aliphatic carbocycles. The van der Waals surface area contributed by atoms with Gasteiger partial charge in [0, 0.05) is 24.1 Å². The Balaban J connectivity index is 1.82. The van der Waals surface area contributed by atoms with E-state index >= 15 is 0 Å². The van der Waals surface area contributed by atoms with Crippen molar-refractivity contribution in [1.82, 2.24) is 15.0 Å². The average Bonchev–Trinajstić information content (AvgIpc) is 3.01. The van der Waals surface area contributed by atoms with Crippen LogP contribution in [0.25, 0.3) is 17.1 Å². The summed E-state index contributed by atoms with van der Waals surface area (Å²) in [5.74, 6) is -0.553. The Kier molecular flexibility index (Phi) is 3.19. The number of carbonyl (C=O) groups is 1. The monoisotopic (exact) mass is 321 g/mol. The number of aromatic nitrogens is 3. The number of nitrogens with one attached hydrogen (secondary N) is 3. The zero-order valence-electron chi connectivity index (χ0n) is 12.9. The van der Waals surface area contributed by atoms with Crippen LogP contribution in [-0.4, -0.2) is 32.6 Å². The summed E-state index contributed by atoms with van der Waals surface area (Å²) in [6, 6.07) is 4.09. The quantitative estimate of drug-likeness (QED) is 0.591. The summed E-state index contributed by atoms with van der Waals surface area (Å²) in [6.07, 6.45) is 6.95. The Morgan fingerprint density at radius 1 is 1.33 bits per heavy atom. The van der Waals surface area contributed by atoms with Crippen LogP contribution < -0.4 is 10.6 Å². The van der Waals surface area contributed by atoms with E-state index in [2.05, 4.69) is 43.8 Å². The van der Waals surface area contributed by atoms with E-state index in [0.717, 1.165) is 29.0 Å². The van der Waals surface area contributed by atoms with Crippen LogP contribution in [0.1, 0.15) is 21.5 Å². The normalized spacial score (nSPS) is 12.7. The third-order valence-electron chi connectivity index (χ3n) is 4.06. The van der Waals surface area contributed by atoms with Crippen molar-refractivity contribution in [2.24, 2.45) is 0 Å². The van der Waals surface area contributed by atoms with Gasteiger partial charge in [-0.2, -0.15) is 0 Å². The molecule has 0 atom stereocenters. The number of aryl methyl sites for hydroxylation is 1. The first-order valence-electron chi connectivity index (χ1n) is 7.51. The van der Waals surface area contributed by atoms with Gasteiger partial charge >= 0.3 is 5.97 Å². The molecule has 120 valence electrons. The molecule has 4 rings (SSSR count). The van der Waals surface area contributed by atoms with Gasteiger partial charge in [0.25, 0.3) is 0 Å². The van der Waals surface area contributed by atoms with Gasteiger partial charge in [-0.25, -0.2) is 14.8 Å². The number of hydrogen-bond acceptors (Lipinski definition) is 5. The summed E-state index contributed by atoms with van der Waals surface area (Å²) in [5.41, 5.74) is 4.70. The minimum absolute atomic E-state index is 0.144. The highest BCUT2D eigenvalue weighted by atomic mass is 16.4. The highest BCUT2D eigenvalue weighted by Gasteiger charge is 2.17. The predicted molar refractivity (Wildman–Crippen MR) is 92.8 cm³/mol. The van der Waals surface area contributed by atoms with Crippen LogP contribution in [0.15, 0.2) is 30.7 Å². The van der Waals surface area contributed by atoms with Crippen molar-refractivity contribution in [2.45, 2.75) is 6.92 Å². The van der Waals surface area contributed by atoms with Crippen LogP contribution in [0, 0.1) is 6.92 Å². The fourth-order valence-electron chi connectivity index (χ4n) is 2.86. The second kappa shape index (κ2) is 5.38. The van der Waals surface area contributed by atoms with Gasteiger partial charge in [-0.1, -0.05) is 12.2 Å². The van der Waals surface area contributed by atoms with Gasteiger partial charge in [0.2, 0.25) is 0 Å². The number of aromatic amines is 1. The first-order chi connectivity index (χ1) is 11.6. The number of rotatable bonds is 3. The Hall–Kier alpha value is -3.35. The molecule has 0 saturated carbocycles. The maximum Gasteiger partial charge on any atom is 0.338 e. The van der Waals surface area contributed by atoms with E-state index in [0.29, 0.717) is 16.9 Å². The van der Waals surface area contributed by atoms with Gasteiger partial charge in [0.1, 0.15) is 17.8 Å². The number of carboxylic acid groups (broad SMARTS) is 1. The van der Waals surface area contributed by atoms with Gasteiger partial charge in [-0.3, -0.25) is 0 Å². The van der Waals surface area contributed by atoms with Crippen molar-refractivity contribution in [1.29, 1.82) is 0 Å². The first-order valence-corrected chi connectivity index (χ1v) is 7.51. The van der Waals surface area contributed by atoms with Crippen LogP contribution in [0.2, 0.25) is 0 Å². The molecule has 0 amide bonds. The topological polar surface area (TPSA) is 103 Å². The second-order valence-corrected chi connectivity index (χ2v) is 5.62. The van der Waals surface area contributed by atoms with E-state index in [4.69, 9.17) is 0 Å². The molecular weight excluding hydrogens is 306 g/mol. The Labute approximate surface area is 137 Å². The number of nitrogens with zero attached hydrogens (tertiary/aromatic N) is 2.